The van der Waals surface area contributed by atoms with Crippen molar-refractivity contribution in [2.24, 2.45) is 0 Å². The molecule has 0 radical (unpaired) electrons. The summed E-state index contributed by atoms with van der Waals surface area (Å²) in [4.78, 5) is 0. The molecule has 0 bridgehead atoms. The molecule has 2 N–H and O–H groups in total. The number of halogens is 2. The standard InChI is InChI=1S/C11H11Cl2N3OS/c12-8-3-1-2-7(10(8)13)6-14-11-16-15-9(18-11)4-5-17/h1-3,17H,4-6H2,(H,14,16). The monoisotopic (exact) mass is 303 g/mol. The van der Waals surface area contributed by atoms with Crippen molar-refractivity contribution in [1.29, 1.82) is 0 Å². The van der Waals surface area contributed by atoms with Gasteiger partial charge in [-0.3, -0.25) is 0 Å². The summed E-state index contributed by atoms with van der Waals surface area (Å²) in [6.07, 6.45) is 0.525. The zero-order valence-corrected chi connectivity index (χ0v) is 11.7. The predicted octanol–water partition coefficient (Wildman–Crippen LogP) is 2.99. The van der Waals surface area contributed by atoms with Gasteiger partial charge in [-0.05, 0) is 11.6 Å². The molecule has 1 aromatic carbocycles. The van der Waals surface area contributed by atoms with Gasteiger partial charge in [-0.2, -0.15) is 0 Å². The van der Waals surface area contributed by atoms with Crippen molar-refractivity contribution in [3.8, 4) is 0 Å². The van der Waals surface area contributed by atoms with Gasteiger partial charge in [-0.15, -0.1) is 10.2 Å². The largest absolute Gasteiger partial charge is 0.396 e. The predicted molar refractivity (Wildman–Crippen MR) is 74.5 cm³/mol. The number of benzene rings is 1. The van der Waals surface area contributed by atoms with E-state index >= 15 is 0 Å². The second-order valence-corrected chi connectivity index (χ2v) is 5.39. The van der Waals surface area contributed by atoms with Gasteiger partial charge in [0.25, 0.3) is 0 Å². The molecule has 1 heterocycles. The van der Waals surface area contributed by atoms with Crippen LogP contribution in [0.2, 0.25) is 10.0 Å². The fourth-order valence-electron chi connectivity index (χ4n) is 1.38. The number of hydrogen-bond donors (Lipinski definition) is 2. The van der Waals surface area contributed by atoms with Crippen molar-refractivity contribution < 1.29 is 5.11 Å². The quantitative estimate of drug-likeness (QED) is 0.891. The van der Waals surface area contributed by atoms with Crippen molar-refractivity contribution in [2.45, 2.75) is 13.0 Å². The molecule has 0 spiro atoms. The summed E-state index contributed by atoms with van der Waals surface area (Å²) >= 11 is 13.4. The topological polar surface area (TPSA) is 58.0 Å². The molecule has 7 heteroatoms. The zero-order chi connectivity index (χ0) is 13.0. The molecule has 2 aromatic rings. The van der Waals surface area contributed by atoms with Gasteiger partial charge in [-0.25, -0.2) is 0 Å². The van der Waals surface area contributed by atoms with E-state index in [0.717, 1.165) is 10.6 Å². The molecule has 0 saturated carbocycles. The summed E-state index contributed by atoms with van der Waals surface area (Å²) in [5.41, 5.74) is 0.906. The van der Waals surface area contributed by atoms with Crippen molar-refractivity contribution in [2.75, 3.05) is 11.9 Å². The zero-order valence-electron chi connectivity index (χ0n) is 9.36. The molecule has 0 aliphatic carbocycles. The fraction of sp³-hybridized carbons (Fsp3) is 0.273. The maximum Gasteiger partial charge on any atom is 0.205 e. The van der Waals surface area contributed by atoms with Gasteiger partial charge in [0.15, 0.2) is 0 Å². The lowest BCUT2D eigenvalue weighted by Gasteiger charge is -2.05. The summed E-state index contributed by atoms with van der Waals surface area (Å²) in [5.74, 6) is 0. The number of rotatable bonds is 5. The van der Waals surface area contributed by atoms with Gasteiger partial charge in [0.05, 0.1) is 10.0 Å². The Labute approximate surface area is 119 Å². The number of nitrogens with one attached hydrogen (secondary N) is 1. The molecular formula is C11H11Cl2N3OS. The average molecular weight is 304 g/mol. The van der Waals surface area contributed by atoms with Crippen LogP contribution in [0.5, 0.6) is 0 Å². The van der Waals surface area contributed by atoms with Crippen molar-refractivity contribution >= 4 is 39.7 Å². The molecule has 0 saturated heterocycles. The number of hydrogen-bond acceptors (Lipinski definition) is 5. The third-order valence-electron chi connectivity index (χ3n) is 2.25. The second-order valence-electron chi connectivity index (χ2n) is 3.54. The molecule has 0 fully saturated rings. The maximum atomic E-state index is 8.79. The van der Waals surface area contributed by atoms with Crippen LogP contribution in [-0.2, 0) is 13.0 Å². The Bertz CT molecular complexity index is 533. The van der Waals surface area contributed by atoms with E-state index in [0.29, 0.717) is 28.1 Å². The van der Waals surface area contributed by atoms with Crippen LogP contribution in [0.25, 0.3) is 0 Å². The molecule has 18 heavy (non-hydrogen) atoms. The highest BCUT2D eigenvalue weighted by Crippen LogP contribution is 2.26. The van der Waals surface area contributed by atoms with Crippen LogP contribution in [0.4, 0.5) is 5.13 Å². The van der Waals surface area contributed by atoms with E-state index in [4.69, 9.17) is 28.3 Å². The first-order valence-electron chi connectivity index (χ1n) is 5.30. The number of aliphatic hydroxyl groups excluding tert-OH is 1. The normalized spacial score (nSPS) is 10.6. The van der Waals surface area contributed by atoms with Crippen LogP contribution in [0.15, 0.2) is 18.2 Å². The molecule has 1 aromatic heterocycles. The van der Waals surface area contributed by atoms with Crippen LogP contribution < -0.4 is 5.32 Å². The van der Waals surface area contributed by atoms with Crippen LogP contribution in [-0.4, -0.2) is 21.9 Å². The van der Waals surface area contributed by atoms with E-state index < -0.39 is 0 Å². The van der Waals surface area contributed by atoms with Gasteiger partial charge in [-0.1, -0.05) is 46.7 Å². The minimum absolute atomic E-state index is 0.0781. The minimum Gasteiger partial charge on any atom is -0.396 e. The lowest BCUT2D eigenvalue weighted by molar-refractivity contribution is 0.299. The summed E-state index contributed by atoms with van der Waals surface area (Å²) in [6.45, 7) is 0.613. The molecule has 0 aliphatic rings. The van der Waals surface area contributed by atoms with Crippen LogP contribution in [0.1, 0.15) is 10.6 Å². The lowest BCUT2D eigenvalue weighted by atomic mass is 10.2. The van der Waals surface area contributed by atoms with E-state index in [1.165, 1.54) is 11.3 Å². The molecule has 0 aliphatic heterocycles. The Morgan fingerprint density at radius 2 is 2.11 bits per heavy atom. The number of nitrogens with zero attached hydrogens (tertiary/aromatic N) is 2. The number of aliphatic hydroxyl groups is 1. The molecule has 0 atom stereocenters. The first-order chi connectivity index (χ1) is 8.70. The highest BCUT2D eigenvalue weighted by molar-refractivity contribution is 7.15. The molecular weight excluding hydrogens is 293 g/mol. The highest BCUT2D eigenvalue weighted by atomic mass is 35.5. The first kappa shape index (κ1) is 13.5. The van der Waals surface area contributed by atoms with E-state index in [-0.39, 0.29) is 6.61 Å². The Kier molecular flexibility index (Phi) is 4.77. The molecule has 0 amide bonds. The number of anilines is 1. The third kappa shape index (κ3) is 3.32. The summed E-state index contributed by atoms with van der Waals surface area (Å²) in [5, 5.41) is 22.4. The Balaban J connectivity index is 2.00. The second kappa shape index (κ2) is 6.33. The molecule has 96 valence electrons. The van der Waals surface area contributed by atoms with Gasteiger partial charge in [0, 0.05) is 19.6 Å². The summed E-state index contributed by atoms with van der Waals surface area (Å²) in [7, 11) is 0. The first-order valence-corrected chi connectivity index (χ1v) is 6.88. The number of aromatic nitrogens is 2. The van der Waals surface area contributed by atoms with Crippen molar-refractivity contribution in [1.82, 2.24) is 10.2 Å². The van der Waals surface area contributed by atoms with Crippen molar-refractivity contribution in [3.05, 3.63) is 38.8 Å². The van der Waals surface area contributed by atoms with Crippen LogP contribution in [0.3, 0.4) is 0 Å². The van der Waals surface area contributed by atoms with Crippen molar-refractivity contribution in [3.63, 3.8) is 0 Å². The SMILES string of the molecule is OCCc1nnc(NCc2cccc(Cl)c2Cl)s1. The van der Waals surface area contributed by atoms with E-state index in [1.807, 2.05) is 12.1 Å². The summed E-state index contributed by atoms with van der Waals surface area (Å²) in [6, 6.07) is 5.50. The average Bonchev–Trinajstić information content (AvgIpc) is 2.79. The maximum absolute atomic E-state index is 8.79. The molecule has 4 nitrogen and oxygen atoms in total. The fourth-order valence-corrected chi connectivity index (χ4v) is 2.49. The van der Waals surface area contributed by atoms with Gasteiger partial charge in [0.1, 0.15) is 5.01 Å². The Morgan fingerprint density at radius 1 is 1.28 bits per heavy atom. The van der Waals surface area contributed by atoms with Gasteiger partial charge < -0.3 is 10.4 Å². The van der Waals surface area contributed by atoms with E-state index in [9.17, 15) is 0 Å². The highest BCUT2D eigenvalue weighted by Gasteiger charge is 2.06. The van der Waals surface area contributed by atoms with E-state index in [1.54, 1.807) is 6.07 Å². The minimum atomic E-state index is 0.0781. The molecule has 0 unspecified atom stereocenters. The lowest BCUT2D eigenvalue weighted by Crippen LogP contribution is -1.99. The smallest absolute Gasteiger partial charge is 0.205 e. The Morgan fingerprint density at radius 3 is 2.89 bits per heavy atom. The van der Waals surface area contributed by atoms with Gasteiger partial charge in [0.2, 0.25) is 5.13 Å². The van der Waals surface area contributed by atoms with E-state index in [2.05, 4.69) is 15.5 Å². The van der Waals surface area contributed by atoms with Crippen LogP contribution in [0, 0.1) is 0 Å². The summed E-state index contributed by atoms with van der Waals surface area (Å²) < 4.78 is 0. The molecule has 2 rings (SSSR count). The van der Waals surface area contributed by atoms with Crippen LogP contribution >= 0.6 is 34.5 Å². The Hall–Kier alpha value is -0.880. The third-order valence-corrected chi connectivity index (χ3v) is 4.05. The van der Waals surface area contributed by atoms with Gasteiger partial charge >= 0.3 is 0 Å².